The Morgan fingerprint density at radius 2 is 1.75 bits per heavy atom. The lowest BCUT2D eigenvalue weighted by Crippen LogP contribution is -1.92. The fourth-order valence-electron chi connectivity index (χ4n) is 0. The highest BCUT2D eigenvalue weighted by atomic mass is 16.6. The molecule has 0 aromatic heterocycles. The van der Waals surface area contributed by atoms with Crippen molar-refractivity contribution in [3.05, 3.63) is 10.1 Å². The van der Waals surface area contributed by atoms with Crippen LogP contribution in [-0.2, 0) is 0 Å². The molecule has 0 aromatic rings. The van der Waals surface area contributed by atoms with Crippen LogP contribution in [0.1, 0.15) is 13.8 Å². The Labute approximate surface area is 48.3 Å². The number of aliphatic hydroxyl groups excluding tert-OH is 1. The largest absolute Gasteiger partial charge is 0.397 e. The third-order valence-electron chi connectivity index (χ3n) is 0.258. The molecule has 0 heterocycles. The van der Waals surface area contributed by atoms with E-state index in [0.29, 0.717) is 0 Å². The quantitative estimate of drug-likeness (QED) is 0.400. The zero-order chi connectivity index (χ0) is 6.99. The second kappa shape index (κ2) is 9.61. The van der Waals surface area contributed by atoms with Crippen LogP contribution in [0.5, 0.6) is 0 Å². The molecule has 4 nitrogen and oxygen atoms in total. The summed E-state index contributed by atoms with van der Waals surface area (Å²) in [5.74, 6) is 0. The van der Waals surface area contributed by atoms with Crippen LogP contribution in [-0.4, -0.2) is 23.2 Å². The van der Waals surface area contributed by atoms with Crippen molar-refractivity contribution in [2.24, 2.45) is 0 Å². The average molecular weight is 121 g/mol. The molecule has 0 aliphatic rings. The lowest BCUT2D eigenvalue weighted by molar-refractivity contribution is -0.475. The van der Waals surface area contributed by atoms with Gasteiger partial charge in [-0.1, -0.05) is 0 Å². The first-order chi connectivity index (χ1) is 3.68. The van der Waals surface area contributed by atoms with Crippen LogP contribution in [0.25, 0.3) is 0 Å². The molecule has 0 radical (unpaired) electrons. The first-order valence-electron chi connectivity index (χ1n) is 2.41. The molecule has 0 spiro atoms. The molecule has 0 aromatic carbocycles. The Balaban J connectivity index is 0. The number of aliphatic hydroxyl groups is 1. The molecule has 4 heteroatoms. The fourth-order valence-corrected chi connectivity index (χ4v) is 0. The van der Waals surface area contributed by atoms with Crippen molar-refractivity contribution in [2.75, 3.05) is 13.2 Å². The molecular formula is C4H11NO3. The summed E-state index contributed by atoms with van der Waals surface area (Å²) in [6.45, 7) is 3.46. The van der Waals surface area contributed by atoms with Crippen LogP contribution in [0.4, 0.5) is 0 Å². The normalized spacial score (nSPS) is 6.88. The number of nitrogens with zero attached hydrogens (tertiary/aromatic N) is 1. The predicted molar refractivity (Wildman–Crippen MR) is 30.3 cm³/mol. The van der Waals surface area contributed by atoms with E-state index in [1.54, 1.807) is 6.92 Å². The maximum atomic E-state index is 9.17. The van der Waals surface area contributed by atoms with Gasteiger partial charge in [-0.25, -0.2) is 0 Å². The second-order valence-electron chi connectivity index (χ2n) is 0.965. The van der Waals surface area contributed by atoms with Crippen molar-refractivity contribution in [3.8, 4) is 0 Å². The van der Waals surface area contributed by atoms with Crippen LogP contribution in [0.15, 0.2) is 0 Å². The molecule has 0 rings (SSSR count). The average Bonchev–Trinajstić information content (AvgIpc) is 1.69. The Kier molecular flexibility index (Phi) is 12.5. The number of rotatable bonds is 1. The van der Waals surface area contributed by atoms with Crippen LogP contribution < -0.4 is 0 Å². The van der Waals surface area contributed by atoms with Crippen LogP contribution in [0.3, 0.4) is 0 Å². The summed E-state index contributed by atoms with van der Waals surface area (Å²) in [5, 5.41) is 16.7. The highest BCUT2D eigenvalue weighted by Gasteiger charge is 1.76. The molecule has 0 unspecified atom stereocenters. The van der Waals surface area contributed by atoms with Crippen molar-refractivity contribution in [3.63, 3.8) is 0 Å². The van der Waals surface area contributed by atoms with Gasteiger partial charge in [0.1, 0.15) is 0 Å². The number of hydrogen-bond acceptors (Lipinski definition) is 3. The lowest BCUT2D eigenvalue weighted by atomic mass is 10.8. The molecule has 8 heavy (non-hydrogen) atoms. The molecule has 1 N–H and O–H groups in total. The van der Waals surface area contributed by atoms with Gasteiger partial charge in [0.05, 0.1) is 0 Å². The summed E-state index contributed by atoms with van der Waals surface area (Å²) in [4.78, 5) is 8.80. The summed E-state index contributed by atoms with van der Waals surface area (Å²) in [6.07, 6.45) is 0. The Morgan fingerprint density at radius 3 is 1.75 bits per heavy atom. The minimum atomic E-state index is -0.375. The molecule has 0 bridgehead atoms. The maximum absolute atomic E-state index is 9.17. The predicted octanol–water partition coefficient (Wildman–Crippen LogP) is 0.282. The van der Waals surface area contributed by atoms with Gasteiger partial charge in [0, 0.05) is 18.5 Å². The molecular weight excluding hydrogens is 110 g/mol. The summed E-state index contributed by atoms with van der Waals surface area (Å²) >= 11 is 0. The van der Waals surface area contributed by atoms with E-state index in [1.807, 2.05) is 0 Å². The van der Waals surface area contributed by atoms with Gasteiger partial charge in [-0.2, -0.15) is 0 Å². The fraction of sp³-hybridized carbons (Fsp3) is 1.00. The molecule has 0 aliphatic heterocycles. The zero-order valence-corrected chi connectivity index (χ0v) is 5.13. The lowest BCUT2D eigenvalue weighted by Gasteiger charge is -1.73. The van der Waals surface area contributed by atoms with Gasteiger partial charge in [-0.05, 0) is 6.92 Å². The van der Waals surface area contributed by atoms with Gasteiger partial charge in [-0.3, -0.25) is 10.1 Å². The SMILES string of the molecule is CCO.CC[N+](=O)[O-]. The van der Waals surface area contributed by atoms with E-state index < -0.39 is 0 Å². The molecule has 0 atom stereocenters. The Hall–Kier alpha value is -0.640. The molecule has 0 saturated carbocycles. The molecule has 0 amide bonds. The topological polar surface area (TPSA) is 63.4 Å². The first-order valence-corrected chi connectivity index (χ1v) is 2.41. The molecule has 0 saturated heterocycles. The maximum Gasteiger partial charge on any atom is 0.201 e. The van der Waals surface area contributed by atoms with E-state index in [2.05, 4.69) is 0 Å². The number of nitro groups is 1. The van der Waals surface area contributed by atoms with E-state index in [1.165, 1.54) is 6.92 Å². The van der Waals surface area contributed by atoms with Gasteiger partial charge in [-0.15, -0.1) is 0 Å². The van der Waals surface area contributed by atoms with Gasteiger partial charge >= 0.3 is 0 Å². The van der Waals surface area contributed by atoms with E-state index in [9.17, 15) is 10.1 Å². The van der Waals surface area contributed by atoms with Crippen LogP contribution >= 0.6 is 0 Å². The van der Waals surface area contributed by atoms with Gasteiger partial charge in [0.25, 0.3) is 0 Å². The van der Waals surface area contributed by atoms with Crippen molar-refractivity contribution >= 4 is 0 Å². The Morgan fingerprint density at radius 1 is 1.62 bits per heavy atom. The first kappa shape index (κ1) is 10.4. The molecule has 0 aliphatic carbocycles. The van der Waals surface area contributed by atoms with Crippen molar-refractivity contribution in [2.45, 2.75) is 13.8 Å². The van der Waals surface area contributed by atoms with Crippen molar-refractivity contribution in [1.82, 2.24) is 0 Å². The summed E-state index contributed by atoms with van der Waals surface area (Å²) in [5.41, 5.74) is 0. The highest BCUT2D eigenvalue weighted by molar-refractivity contribution is 4.05. The molecule has 50 valence electrons. The van der Waals surface area contributed by atoms with Gasteiger partial charge in [0.2, 0.25) is 6.54 Å². The zero-order valence-electron chi connectivity index (χ0n) is 5.13. The summed E-state index contributed by atoms with van der Waals surface area (Å²) in [7, 11) is 0. The summed E-state index contributed by atoms with van der Waals surface area (Å²) in [6, 6.07) is 0. The minimum absolute atomic E-state index is 0.0278. The number of hydrogen-bond donors (Lipinski definition) is 1. The standard InChI is InChI=1S/C2H5NO2.C2H6O/c1-2-3(4)5;1-2-3/h2H2,1H3;3H,2H2,1H3. The van der Waals surface area contributed by atoms with Crippen molar-refractivity contribution < 1.29 is 10.0 Å². The minimum Gasteiger partial charge on any atom is -0.397 e. The third-order valence-corrected chi connectivity index (χ3v) is 0.258. The van der Waals surface area contributed by atoms with E-state index >= 15 is 0 Å². The third kappa shape index (κ3) is 55.1. The monoisotopic (exact) mass is 121 g/mol. The smallest absolute Gasteiger partial charge is 0.201 e. The molecule has 0 fully saturated rings. The van der Waals surface area contributed by atoms with Crippen LogP contribution in [0.2, 0.25) is 0 Å². The van der Waals surface area contributed by atoms with Gasteiger partial charge < -0.3 is 5.11 Å². The van der Waals surface area contributed by atoms with E-state index in [0.717, 1.165) is 0 Å². The van der Waals surface area contributed by atoms with E-state index in [4.69, 9.17) is 5.11 Å². The highest BCUT2D eigenvalue weighted by Crippen LogP contribution is 1.57. The Bertz CT molecular complexity index is 55.2. The van der Waals surface area contributed by atoms with E-state index in [-0.39, 0.29) is 18.1 Å². The summed E-state index contributed by atoms with van der Waals surface area (Å²) < 4.78 is 0. The van der Waals surface area contributed by atoms with Crippen molar-refractivity contribution in [1.29, 1.82) is 0 Å². The second-order valence-corrected chi connectivity index (χ2v) is 0.965. The van der Waals surface area contributed by atoms with Gasteiger partial charge in [0.15, 0.2) is 0 Å². The van der Waals surface area contributed by atoms with Crippen LogP contribution in [0, 0.1) is 10.1 Å².